The highest BCUT2D eigenvalue weighted by Gasteiger charge is 2.24. The van der Waals surface area contributed by atoms with Crippen LogP contribution in [0.2, 0.25) is 0 Å². The van der Waals surface area contributed by atoms with Gasteiger partial charge in [0.2, 0.25) is 0 Å². The molecule has 0 aliphatic carbocycles. The van der Waals surface area contributed by atoms with E-state index in [4.69, 9.17) is 9.97 Å². The lowest BCUT2D eigenvalue weighted by Crippen LogP contribution is -2.03. The number of hydrogen-bond donors (Lipinski definition) is 0. The number of nitrogens with zero attached hydrogens (tertiary/aromatic N) is 4. The third kappa shape index (κ3) is 2.98. The van der Waals surface area contributed by atoms with Gasteiger partial charge in [0.05, 0.1) is 33.7 Å². The molecule has 0 atom stereocenters. The van der Waals surface area contributed by atoms with Gasteiger partial charge in [0, 0.05) is 21.7 Å². The van der Waals surface area contributed by atoms with Crippen molar-refractivity contribution in [3.63, 3.8) is 0 Å². The van der Waals surface area contributed by atoms with E-state index < -0.39 is 0 Å². The van der Waals surface area contributed by atoms with Crippen molar-refractivity contribution in [3.8, 4) is 23.1 Å². The molecule has 0 amide bonds. The van der Waals surface area contributed by atoms with Crippen molar-refractivity contribution in [2.75, 3.05) is 0 Å². The maximum atomic E-state index is 9.42. The summed E-state index contributed by atoms with van der Waals surface area (Å²) in [7, 11) is 0. The van der Waals surface area contributed by atoms with Gasteiger partial charge in [0.1, 0.15) is 5.69 Å². The van der Waals surface area contributed by atoms with E-state index >= 15 is 0 Å². The Hall–Kier alpha value is -5.79. The zero-order valence-corrected chi connectivity index (χ0v) is 21.8. The molecule has 2 heterocycles. The third-order valence-electron chi connectivity index (χ3n) is 8.34. The van der Waals surface area contributed by atoms with Crippen LogP contribution >= 0.6 is 0 Å². The molecule has 0 fully saturated rings. The van der Waals surface area contributed by atoms with Gasteiger partial charge in [-0.1, -0.05) is 84.9 Å². The molecule has 0 bridgehead atoms. The average molecular weight is 521 g/mol. The molecule has 9 aromatic rings. The number of aromatic nitrogens is 3. The molecule has 41 heavy (non-hydrogen) atoms. The van der Waals surface area contributed by atoms with Crippen molar-refractivity contribution in [3.05, 3.63) is 127 Å². The van der Waals surface area contributed by atoms with Gasteiger partial charge in [-0.3, -0.25) is 4.57 Å². The van der Waals surface area contributed by atoms with Gasteiger partial charge in [-0.05, 0) is 63.3 Å². The smallest absolute Gasteiger partial charge is 0.165 e. The fourth-order valence-corrected chi connectivity index (χ4v) is 6.59. The second-order valence-corrected chi connectivity index (χ2v) is 10.5. The van der Waals surface area contributed by atoms with Gasteiger partial charge in [0.15, 0.2) is 5.82 Å². The zero-order chi connectivity index (χ0) is 27.1. The molecule has 0 spiro atoms. The number of nitriles is 1. The van der Waals surface area contributed by atoms with E-state index in [0.29, 0.717) is 5.56 Å². The highest BCUT2D eigenvalue weighted by molar-refractivity contribution is 6.39. The van der Waals surface area contributed by atoms with Crippen LogP contribution in [0.4, 0.5) is 0 Å². The minimum absolute atomic E-state index is 0.616. The summed E-state index contributed by atoms with van der Waals surface area (Å²) in [6.45, 7) is 0. The minimum atomic E-state index is 0.616. The summed E-state index contributed by atoms with van der Waals surface area (Å²) < 4.78 is 2.29. The molecule has 0 saturated heterocycles. The van der Waals surface area contributed by atoms with Crippen molar-refractivity contribution < 1.29 is 0 Å². The average Bonchev–Trinajstić information content (AvgIpc) is 3.37. The molecule has 0 radical (unpaired) electrons. The fraction of sp³-hybridized carbons (Fsp3) is 0. The number of fused-ring (bicyclic) bond motifs is 6. The summed E-state index contributed by atoms with van der Waals surface area (Å²) in [5.41, 5.74) is 6.19. The van der Waals surface area contributed by atoms with E-state index in [0.717, 1.165) is 39.1 Å². The van der Waals surface area contributed by atoms with Crippen molar-refractivity contribution >= 4 is 65.2 Å². The van der Waals surface area contributed by atoms with Crippen LogP contribution in [0, 0.1) is 11.3 Å². The van der Waals surface area contributed by atoms with E-state index in [2.05, 4.69) is 83.4 Å². The predicted octanol–water partition coefficient (Wildman–Crippen LogP) is 9.16. The summed E-state index contributed by atoms with van der Waals surface area (Å²) >= 11 is 0. The Balaban J connectivity index is 1.53. The van der Waals surface area contributed by atoms with Crippen LogP contribution in [0.5, 0.6) is 0 Å². The zero-order valence-electron chi connectivity index (χ0n) is 21.8. The molecule has 0 unspecified atom stereocenters. The largest absolute Gasteiger partial charge is 0.292 e. The van der Waals surface area contributed by atoms with Crippen LogP contribution in [0.1, 0.15) is 5.56 Å². The molecule has 0 aliphatic heterocycles. The first-order valence-corrected chi connectivity index (χ1v) is 13.7. The number of rotatable bonds is 2. The molecule has 188 valence electrons. The highest BCUT2D eigenvalue weighted by Crippen LogP contribution is 2.46. The molecule has 0 N–H and O–H groups in total. The van der Waals surface area contributed by atoms with E-state index in [9.17, 15) is 5.26 Å². The maximum Gasteiger partial charge on any atom is 0.165 e. The SMILES string of the molecule is N#Cc1ccc(-c2nc3ccccc3nc2-n2c3cccc4c5ccccc5c5c6ccccc6cc2c5c43)cc1. The third-order valence-corrected chi connectivity index (χ3v) is 8.34. The summed E-state index contributed by atoms with van der Waals surface area (Å²) in [4.78, 5) is 10.4. The molecule has 9 rings (SSSR count). The molecule has 2 aromatic heterocycles. The number of para-hydroxylation sites is 2. The second kappa shape index (κ2) is 8.11. The predicted molar refractivity (Wildman–Crippen MR) is 168 cm³/mol. The van der Waals surface area contributed by atoms with Crippen molar-refractivity contribution in [2.45, 2.75) is 0 Å². The number of benzene rings is 7. The van der Waals surface area contributed by atoms with Gasteiger partial charge in [-0.2, -0.15) is 5.26 Å². The molecule has 4 heteroatoms. The van der Waals surface area contributed by atoms with Crippen LogP contribution in [0.15, 0.2) is 121 Å². The Morgan fingerprint density at radius 1 is 0.537 bits per heavy atom. The lowest BCUT2D eigenvalue weighted by molar-refractivity contribution is 1.08. The molecule has 0 saturated carbocycles. The van der Waals surface area contributed by atoms with Crippen molar-refractivity contribution in [2.24, 2.45) is 0 Å². The summed E-state index contributed by atoms with van der Waals surface area (Å²) in [6.07, 6.45) is 0. The molecular weight excluding hydrogens is 500 g/mol. The first-order chi connectivity index (χ1) is 20.3. The van der Waals surface area contributed by atoms with Gasteiger partial charge >= 0.3 is 0 Å². The Kier molecular flexibility index (Phi) is 4.37. The summed E-state index contributed by atoms with van der Waals surface area (Å²) in [5.74, 6) is 0.776. The molecular formula is C37H20N4. The van der Waals surface area contributed by atoms with Crippen LogP contribution < -0.4 is 0 Å². The van der Waals surface area contributed by atoms with Crippen LogP contribution in [0.25, 0.3) is 82.2 Å². The molecule has 7 aromatic carbocycles. The first-order valence-electron chi connectivity index (χ1n) is 13.7. The number of hydrogen-bond acceptors (Lipinski definition) is 3. The first kappa shape index (κ1) is 22.1. The summed E-state index contributed by atoms with van der Waals surface area (Å²) in [5, 5.41) is 19.3. The molecule has 4 nitrogen and oxygen atoms in total. The Labute approximate surface area is 234 Å². The Morgan fingerprint density at radius 2 is 1.20 bits per heavy atom. The van der Waals surface area contributed by atoms with Gasteiger partial charge in [-0.25, -0.2) is 9.97 Å². The lowest BCUT2D eigenvalue weighted by atomic mass is 9.91. The Bertz CT molecular complexity index is 2530. The van der Waals surface area contributed by atoms with Gasteiger partial charge in [0.25, 0.3) is 0 Å². The molecule has 0 aliphatic rings. The van der Waals surface area contributed by atoms with Crippen molar-refractivity contribution in [1.82, 2.24) is 14.5 Å². The maximum absolute atomic E-state index is 9.42. The Morgan fingerprint density at radius 3 is 2.00 bits per heavy atom. The van der Waals surface area contributed by atoms with Gasteiger partial charge in [-0.15, -0.1) is 0 Å². The monoisotopic (exact) mass is 520 g/mol. The highest BCUT2D eigenvalue weighted by atomic mass is 15.1. The van der Waals surface area contributed by atoms with Crippen LogP contribution in [-0.2, 0) is 0 Å². The van der Waals surface area contributed by atoms with E-state index in [-0.39, 0.29) is 0 Å². The van der Waals surface area contributed by atoms with Crippen LogP contribution in [-0.4, -0.2) is 14.5 Å². The van der Waals surface area contributed by atoms with Crippen LogP contribution in [0.3, 0.4) is 0 Å². The second-order valence-electron chi connectivity index (χ2n) is 10.5. The van der Waals surface area contributed by atoms with Crippen molar-refractivity contribution in [1.29, 1.82) is 5.26 Å². The minimum Gasteiger partial charge on any atom is -0.292 e. The summed E-state index contributed by atoms with van der Waals surface area (Å²) in [6, 6.07) is 44.1. The van der Waals surface area contributed by atoms with E-state index in [1.165, 1.54) is 43.1 Å². The standard InChI is InChI=1S/C37H20N4/c38-21-22-16-18-23(19-17-22)36-37(40-30-14-6-5-13-29(30)39-36)41-31-15-7-12-28-26-10-3-4-11-27(26)33-25-9-2-1-8-24(25)20-32(41)35(33)34(28)31/h1-20H. The quantitative estimate of drug-likeness (QED) is 0.214. The lowest BCUT2D eigenvalue weighted by Gasteiger charge is -2.14. The normalized spacial score (nSPS) is 11.9. The van der Waals surface area contributed by atoms with E-state index in [1.54, 1.807) is 0 Å². The van der Waals surface area contributed by atoms with E-state index in [1.807, 2.05) is 48.5 Å². The topological polar surface area (TPSA) is 54.5 Å². The fourth-order valence-electron chi connectivity index (χ4n) is 6.59. The van der Waals surface area contributed by atoms with Gasteiger partial charge < -0.3 is 0 Å².